The average Bonchev–Trinajstić information content (AvgIpc) is 2.79. The van der Waals surface area contributed by atoms with Crippen LogP contribution in [0.4, 0.5) is 4.79 Å². The van der Waals surface area contributed by atoms with E-state index in [1.165, 1.54) is 6.42 Å². The molecule has 0 bridgehead atoms. The topological polar surface area (TPSA) is 60.9 Å². The molecule has 3 aliphatic rings. The Kier molecular flexibility index (Phi) is 3.38. The standard InChI is InChI=1S/C15H24N2O3/c1-9-6-11(9)7-16(2)15(20)17-8-10-4-3-5-12(10)13(17)14(18)19/h9-13H,3-8H2,1-2H3,(H,18,19). The first-order valence-electron chi connectivity index (χ1n) is 7.73. The molecule has 0 radical (unpaired) electrons. The van der Waals surface area contributed by atoms with Crippen LogP contribution in [0.3, 0.4) is 0 Å². The van der Waals surface area contributed by atoms with Gasteiger partial charge in [0.1, 0.15) is 6.04 Å². The monoisotopic (exact) mass is 280 g/mol. The van der Waals surface area contributed by atoms with Crippen LogP contribution in [0.2, 0.25) is 0 Å². The van der Waals surface area contributed by atoms with Crippen LogP contribution in [0, 0.1) is 23.7 Å². The van der Waals surface area contributed by atoms with E-state index in [4.69, 9.17) is 0 Å². The van der Waals surface area contributed by atoms with Crippen LogP contribution in [0.15, 0.2) is 0 Å². The van der Waals surface area contributed by atoms with Crippen molar-refractivity contribution in [3.8, 4) is 0 Å². The molecule has 3 fully saturated rings. The number of hydrogen-bond acceptors (Lipinski definition) is 2. The van der Waals surface area contributed by atoms with E-state index in [0.717, 1.165) is 25.8 Å². The maximum atomic E-state index is 12.5. The highest BCUT2D eigenvalue weighted by Gasteiger charge is 2.50. The fraction of sp³-hybridized carbons (Fsp3) is 0.867. The highest BCUT2D eigenvalue weighted by atomic mass is 16.4. The second kappa shape index (κ2) is 4.93. The number of rotatable bonds is 3. The summed E-state index contributed by atoms with van der Waals surface area (Å²) in [5, 5.41) is 9.49. The molecule has 112 valence electrons. The van der Waals surface area contributed by atoms with Crippen molar-refractivity contribution in [1.29, 1.82) is 0 Å². The first kappa shape index (κ1) is 13.7. The molecule has 2 saturated carbocycles. The number of carboxylic acids is 1. The fourth-order valence-electron chi connectivity index (χ4n) is 4.12. The van der Waals surface area contributed by atoms with Crippen molar-refractivity contribution in [2.24, 2.45) is 23.7 Å². The minimum atomic E-state index is -0.832. The second-order valence-corrected chi connectivity index (χ2v) is 6.93. The molecule has 0 aromatic heterocycles. The molecule has 3 rings (SSSR count). The molecule has 0 aromatic rings. The zero-order valence-corrected chi connectivity index (χ0v) is 12.3. The van der Waals surface area contributed by atoms with Crippen molar-refractivity contribution in [1.82, 2.24) is 9.80 Å². The van der Waals surface area contributed by atoms with E-state index < -0.39 is 12.0 Å². The lowest BCUT2D eigenvalue weighted by Gasteiger charge is -2.29. The fourth-order valence-corrected chi connectivity index (χ4v) is 4.12. The Hall–Kier alpha value is -1.26. The summed E-state index contributed by atoms with van der Waals surface area (Å²) in [4.78, 5) is 27.4. The number of nitrogens with zero attached hydrogens (tertiary/aromatic N) is 2. The first-order chi connectivity index (χ1) is 9.49. The third-order valence-corrected chi connectivity index (χ3v) is 5.50. The molecule has 0 spiro atoms. The summed E-state index contributed by atoms with van der Waals surface area (Å²) in [6, 6.07) is -0.694. The highest BCUT2D eigenvalue weighted by Crippen LogP contribution is 2.43. The van der Waals surface area contributed by atoms with Crippen LogP contribution in [0.25, 0.3) is 0 Å². The quantitative estimate of drug-likeness (QED) is 0.858. The second-order valence-electron chi connectivity index (χ2n) is 6.93. The van der Waals surface area contributed by atoms with Gasteiger partial charge in [0.15, 0.2) is 0 Å². The van der Waals surface area contributed by atoms with Gasteiger partial charge in [-0.15, -0.1) is 0 Å². The van der Waals surface area contributed by atoms with Gasteiger partial charge in [0.05, 0.1) is 0 Å². The van der Waals surface area contributed by atoms with Gasteiger partial charge in [0.25, 0.3) is 0 Å². The summed E-state index contributed by atoms with van der Waals surface area (Å²) >= 11 is 0. The molecular formula is C15H24N2O3. The van der Waals surface area contributed by atoms with Crippen LogP contribution in [-0.2, 0) is 4.79 Å². The maximum Gasteiger partial charge on any atom is 0.326 e. The Balaban J connectivity index is 1.68. The van der Waals surface area contributed by atoms with Crippen LogP contribution in [-0.4, -0.2) is 53.1 Å². The van der Waals surface area contributed by atoms with Gasteiger partial charge in [-0.3, -0.25) is 0 Å². The molecular weight excluding hydrogens is 256 g/mol. The number of fused-ring (bicyclic) bond motifs is 1. The number of amides is 2. The van der Waals surface area contributed by atoms with Crippen molar-refractivity contribution in [2.45, 2.75) is 38.6 Å². The summed E-state index contributed by atoms with van der Waals surface area (Å²) < 4.78 is 0. The van der Waals surface area contributed by atoms with Gasteiger partial charge in [-0.25, -0.2) is 9.59 Å². The summed E-state index contributed by atoms with van der Waals surface area (Å²) in [5.74, 6) is 1.05. The van der Waals surface area contributed by atoms with E-state index in [0.29, 0.717) is 24.3 Å². The molecule has 5 atom stereocenters. The molecule has 5 unspecified atom stereocenters. The van der Waals surface area contributed by atoms with Crippen molar-refractivity contribution >= 4 is 12.0 Å². The third-order valence-electron chi connectivity index (χ3n) is 5.50. The minimum absolute atomic E-state index is 0.0918. The van der Waals surface area contributed by atoms with E-state index >= 15 is 0 Å². The van der Waals surface area contributed by atoms with E-state index in [1.807, 2.05) is 0 Å². The number of urea groups is 1. The van der Waals surface area contributed by atoms with Crippen LogP contribution < -0.4 is 0 Å². The molecule has 0 aromatic carbocycles. The van der Waals surface area contributed by atoms with Gasteiger partial charge < -0.3 is 14.9 Å². The van der Waals surface area contributed by atoms with Crippen molar-refractivity contribution in [3.05, 3.63) is 0 Å². The number of carboxylic acid groups (broad SMARTS) is 1. The van der Waals surface area contributed by atoms with E-state index in [2.05, 4.69) is 6.92 Å². The van der Waals surface area contributed by atoms with Gasteiger partial charge in [0, 0.05) is 20.1 Å². The highest BCUT2D eigenvalue weighted by molar-refractivity contribution is 5.83. The van der Waals surface area contributed by atoms with Gasteiger partial charge in [-0.2, -0.15) is 0 Å². The van der Waals surface area contributed by atoms with E-state index in [1.54, 1.807) is 16.8 Å². The largest absolute Gasteiger partial charge is 0.480 e. The Morgan fingerprint density at radius 2 is 2.05 bits per heavy atom. The minimum Gasteiger partial charge on any atom is -0.480 e. The van der Waals surface area contributed by atoms with Gasteiger partial charge in [0.2, 0.25) is 0 Å². The van der Waals surface area contributed by atoms with Crippen LogP contribution in [0.1, 0.15) is 32.6 Å². The lowest BCUT2D eigenvalue weighted by atomic mass is 9.94. The number of hydrogen-bond donors (Lipinski definition) is 1. The summed E-state index contributed by atoms with van der Waals surface area (Å²) in [6.45, 7) is 3.59. The molecule has 5 heteroatoms. The maximum absolute atomic E-state index is 12.5. The van der Waals surface area contributed by atoms with E-state index in [9.17, 15) is 14.7 Å². The molecule has 1 heterocycles. The Morgan fingerprint density at radius 3 is 2.65 bits per heavy atom. The number of aliphatic carboxylic acids is 1. The molecule has 1 aliphatic heterocycles. The van der Waals surface area contributed by atoms with E-state index in [-0.39, 0.29) is 11.9 Å². The predicted octanol–water partition coefficient (Wildman–Crippen LogP) is 1.88. The summed E-state index contributed by atoms with van der Waals surface area (Å²) in [7, 11) is 1.81. The van der Waals surface area contributed by atoms with Crippen molar-refractivity contribution in [3.63, 3.8) is 0 Å². The molecule has 1 saturated heterocycles. The van der Waals surface area contributed by atoms with Crippen LogP contribution in [0.5, 0.6) is 0 Å². The smallest absolute Gasteiger partial charge is 0.326 e. The van der Waals surface area contributed by atoms with Crippen LogP contribution >= 0.6 is 0 Å². The first-order valence-corrected chi connectivity index (χ1v) is 7.73. The molecule has 2 amide bonds. The normalized spacial score (nSPS) is 38.7. The zero-order valence-electron chi connectivity index (χ0n) is 12.3. The SMILES string of the molecule is CC1CC1CN(C)C(=O)N1CC2CCCC2C1C(=O)O. The lowest BCUT2D eigenvalue weighted by Crippen LogP contribution is -2.49. The van der Waals surface area contributed by atoms with Crippen molar-refractivity contribution < 1.29 is 14.7 Å². The van der Waals surface area contributed by atoms with Gasteiger partial charge in [-0.1, -0.05) is 13.3 Å². The number of carbonyl (C=O) groups excluding carboxylic acids is 1. The summed E-state index contributed by atoms with van der Waals surface area (Å²) in [6.07, 6.45) is 4.32. The molecule has 20 heavy (non-hydrogen) atoms. The number of carbonyl (C=O) groups is 2. The molecule has 1 N–H and O–H groups in total. The Morgan fingerprint density at radius 1 is 1.35 bits per heavy atom. The zero-order chi connectivity index (χ0) is 14.4. The lowest BCUT2D eigenvalue weighted by molar-refractivity contribution is -0.142. The number of likely N-dealkylation sites (tertiary alicyclic amines) is 1. The molecule has 2 aliphatic carbocycles. The van der Waals surface area contributed by atoms with Gasteiger partial charge >= 0.3 is 12.0 Å². The Labute approximate surface area is 119 Å². The van der Waals surface area contributed by atoms with Crippen molar-refractivity contribution in [2.75, 3.05) is 20.1 Å². The third kappa shape index (κ3) is 2.27. The summed E-state index contributed by atoms with van der Waals surface area (Å²) in [5.41, 5.74) is 0. The van der Waals surface area contributed by atoms with Gasteiger partial charge in [-0.05, 0) is 42.9 Å². The average molecular weight is 280 g/mol. The Bertz CT molecular complexity index is 425. The molecule has 5 nitrogen and oxygen atoms in total. The predicted molar refractivity (Wildman–Crippen MR) is 74.3 cm³/mol.